The van der Waals surface area contributed by atoms with Crippen molar-refractivity contribution < 1.29 is 9.59 Å². The van der Waals surface area contributed by atoms with Gasteiger partial charge in [0.1, 0.15) is 17.4 Å². The predicted octanol–water partition coefficient (Wildman–Crippen LogP) is 2.13. The van der Waals surface area contributed by atoms with Gasteiger partial charge in [-0.3, -0.25) is 14.0 Å². The van der Waals surface area contributed by atoms with Gasteiger partial charge in [0.2, 0.25) is 5.91 Å². The predicted molar refractivity (Wildman–Crippen MR) is 103 cm³/mol. The zero-order valence-corrected chi connectivity index (χ0v) is 15.5. The molecule has 0 aliphatic carbocycles. The Morgan fingerprint density at radius 3 is 2.74 bits per heavy atom. The quantitative estimate of drug-likeness (QED) is 0.776. The monoisotopic (exact) mass is 362 g/mol. The Balaban J connectivity index is 1.72. The van der Waals surface area contributed by atoms with Crippen molar-refractivity contribution in [1.29, 1.82) is 0 Å². The Morgan fingerprint density at radius 1 is 1.19 bits per heavy atom. The number of aryl methyl sites for hydroxylation is 2. The molecule has 1 aliphatic rings. The average molecular weight is 362 g/mol. The maximum atomic E-state index is 13.4. The summed E-state index contributed by atoms with van der Waals surface area (Å²) in [4.78, 5) is 32.2. The molecule has 27 heavy (non-hydrogen) atoms. The van der Waals surface area contributed by atoms with E-state index in [-0.39, 0.29) is 11.8 Å². The molecule has 1 fully saturated rings. The van der Waals surface area contributed by atoms with Gasteiger partial charge in [-0.1, -0.05) is 36.4 Å². The van der Waals surface area contributed by atoms with Gasteiger partial charge >= 0.3 is 0 Å². The number of piperazine rings is 1. The number of imidazole rings is 1. The standard InChI is InChI=1S/C21H22N4O2/c1-14-8-9-18-23-15(2)19(25(18)13-14)21(27)24-11-10-22-20(26)17(24)12-16-6-4-3-5-7-16/h3-9,13,17H,10-12H2,1-2H3,(H,22,26)/t17-/m1/s1. The van der Waals surface area contributed by atoms with Crippen LogP contribution in [-0.2, 0) is 11.2 Å². The van der Waals surface area contributed by atoms with Crippen LogP contribution in [0.1, 0.15) is 27.3 Å². The summed E-state index contributed by atoms with van der Waals surface area (Å²) in [6.07, 6.45) is 2.41. The van der Waals surface area contributed by atoms with Gasteiger partial charge in [0.25, 0.3) is 5.91 Å². The highest BCUT2D eigenvalue weighted by atomic mass is 16.2. The van der Waals surface area contributed by atoms with Gasteiger partial charge in [-0.25, -0.2) is 4.98 Å². The molecule has 1 aliphatic heterocycles. The van der Waals surface area contributed by atoms with Crippen LogP contribution in [0.3, 0.4) is 0 Å². The molecule has 3 heterocycles. The van der Waals surface area contributed by atoms with Crippen molar-refractivity contribution in [1.82, 2.24) is 19.6 Å². The molecule has 2 amide bonds. The number of pyridine rings is 1. The fraction of sp³-hybridized carbons (Fsp3) is 0.286. The molecular weight excluding hydrogens is 340 g/mol. The number of amides is 2. The summed E-state index contributed by atoms with van der Waals surface area (Å²) in [5.74, 6) is -0.262. The summed E-state index contributed by atoms with van der Waals surface area (Å²) < 4.78 is 1.83. The molecule has 1 atom stereocenters. The van der Waals surface area contributed by atoms with E-state index in [9.17, 15) is 9.59 Å². The van der Waals surface area contributed by atoms with Gasteiger partial charge in [-0.05, 0) is 31.0 Å². The van der Waals surface area contributed by atoms with E-state index in [1.165, 1.54) is 0 Å². The maximum Gasteiger partial charge on any atom is 0.273 e. The van der Waals surface area contributed by atoms with Gasteiger partial charge in [-0.15, -0.1) is 0 Å². The van der Waals surface area contributed by atoms with E-state index >= 15 is 0 Å². The molecule has 0 bridgehead atoms. The lowest BCUT2D eigenvalue weighted by atomic mass is 10.0. The van der Waals surface area contributed by atoms with E-state index in [4.69, 9.17) is 0 Å². The Hall–Kier alpha value is -3.15. The molecule has 0 unspecified atom stereocenters. The summed E-state index contributed by atoms with van der Waals surface area (Å²) in [6.45, 7) is 4.77. The maximum absolute atomic E-state index is 13.4. The van der Waals surface area contributed by atoms with E-state index in [0.29, 0.717) is 30.9 Å². The third-order valence-corrected chi connectivity index (χ3v) is 5.01. The van der Waals surface area contributed by atoms with Gasteiger partial charge < -0.3 is 10.2 Å². The number of benzene rings is 1. The minimum Gasteiger partial charge on any atom is -0.353 e. The van der Waals surface area contributed by atoms with Crippen LogP contribution in [0.5, 0.6) is 0 Å². The molecule has 6 nitrogen and oxygen atoms in total. The molecule has 1 aromatic carbocycles. The van der Waals surface area contributed by atoms with Crippen molar-refractivity contribution in [3.63, 3.8) is 0 Å². The van der Waals surface area contributed by atoms with Gasteiger partial charge in [-0.2, -0.15) is 0 Å². The first-order valence-electron chi connectivity index (χ1n) is 9.12. The van der Waals surface area contributed by atoms with E-state index < -0.39 is 6.04 Å². The normalized spacial score (nSPS) is 17.2. The topological polar surface area (TPSA) is 66.7 Å². The smallest absolute Gasteiger partial charge is 0.273 e. The highest BCUT2D eigenvalue weighted by Crippen LogP contribution is 2.20. The molecule has 0 saturated carbocycles. The first-order valence-corrected chi connectivity index (χ1v) is 9.12. The largest absolute Gasteiger partial charge is 0.353 e. The summed E-state index contributed by atoms with van der Waals surface area (Å²) in [5.41, 5.74) is 4.02. The Bertz CT molecular complexity index is 1010. The number of hydrogen-bond acceptors (Lipinski definition) is 3. The number of nitrogens with one attached hydrogen (secondary N) is 1. The highest BCUT2D eigenvalue weighted by Gasteiger charge is 2.35. The number of hydrogen-bond donors (Lipinski definition) is 1. The van der Waals surface area contributed by atoms with Crippen LogP contribution < -0.4 is 5.32 Å². The number of rotatable bonds is 3. The third kappa shape index (κ3) is 3.18. The second-order valence-corrected chi connectivity index (χ2v) is 6.98. The molecule has 138 valence electrons. The molecule has 4 rings (SSSR count). The number of carbonyl (C=O) groups excluding carboxylic acids is 2. The van der Waals surface area contributed by atoms with Crippen LogP contribution in [0.25, 0.3) is 5.65 Å². The van der Waals surface area contributed by atoms with Crippen LogP contribution in [0.4, 0.5) is 0 Å². The summed E-state index contributed by atoms with van der Waals surface area (Å²) in [6, 6.07) is 13.1. The SMILES string of the molecule is Cc1ccc2nc(C)c(C(=O)N3CCNC(=O)[C@H]3Cc3ccccc3)n2c1. The second-order valence-electron chi connectivity index (χ2n) is 6.98. The Morgan fingerprint density at radius 2 is 1.96 bits per heavy atom. The van der Waals surface area contributed by atoms with E-state index in [1.54, 1.807) is 4.90 Å². The minimum absolute atomic E-state index is 0.110. The van der Waals surface area contributed by atoms with Gasteiger partial charge in [0.15, 0.2) is 0 Å². The van der Waals surface area contributed by atoms with Crippen LogP contribution in [0.15, 0.2) is 48.7 Å². The Kier molecular flexibility index (Phi) is 4.39. The summed E-state index contributed by atoms with van der Waals surface area (Å²) in [7, 11) is 0. The molecule has 1 N–H and O–H groups in total. The summed E-state index contributed by atoms with van der Waals surface area (Å²) >= 11 is 0. The van der Waals surface area contributed by atoms with Gasteiger partial charge in [0, 0.05) is 25.7 Å². The zero-order chi connectivity index (χ0) is 19.0. The van der Waals surface area contributed by atoms with E-state index in [1.807, 2.05) is 66.9 Å². The van der Waals surface area contributed by atoms with Crippen molar-refractivity contribution in [3.8, 4) is 0 Å². The fourth-order valence-corrected chi connectivity index (χ4v) is 3.66. The van der Waals surface area contributed by atoms with Crippen molar-refractivity contribution in [2.75, 3.05) is 13.1 Å². The number of fused-ring (bicyclic) bond motifs is 1. The molecule has 0 spiro atoms. The molecule has 2 aromatic heterocycles. The minimum atomic E-state index is -0.525. The van der Waals surface area contributed by atoms with Crippen molar-refractivity contribution in [2.45, 2.75) is 26.3 Å². The lowest BCUT2D eigenvalue weighted by molar-refractivity contribution is -0.127. The van der Waals surface area contributed by atoms with Crippen molar-refractivity contribution in [2.24, 2.45) is 0 Å². The van der Waals surface area contributed by atoms with Crippen molar-refractivity contribution in [3.05, 3.63) is 71.2 Å². The number of nitrogens with zero attached hydrogens (tertiary/aromatic N) is 3. The number of carbonyl (C=O) groups is 2. The average Bonchev–Trinajstić information content (AvgIpc) is 2.98. The summed E-state index contributed by atoms with van der Waals surface area (Å²) in [5, 5.41) is 2.89. The zero-order valence-electron chi connectivity index (χ0n) is 15.5. The molecular formula is C21H22N4O2. The molecule has 0 radical (unpaired) electrons. The first-order chi connectivity index (χ1) is 13.0. The molecule has 6 heteroatoms. The molecule has 1 saturated heterocycles. The van der Waals surface area contributed by atoms with E-state index in [2.05, 4.69) is 10.3 Å². The lowest BCUT2D eigenvalue weighted by Gasteiger charge is -2.35. The van der Waals surface area contributed by atoms with Crippen LogP contribution in [0.2, 0.25) is 0 Å². The molecule has 3 aromatic rings. The van der Waals surface area contributed by atoms with Crippen LogP contribution in [0, 0.1) is 13.8 Å². The first kappa shape index (κ1) is 17.3. The van der Waals surface area contributed by atoms with E-state index in [0.717, 1.165) is 16.8 Å². The van der Waals surface area contributed by atoms with Crippen LogP contribution >= 0.6 is 0 Å². The second kappa shape index (κ2) is 6.87. The van der Waals surface area contributed by atoms with Crippen molar-refractivity contribution >= 4 is 17.5 Å². The van der Waals surface area contributed by atoms with Gasteiger partial charge in [0.05, 0.1) is 5.69 Å². The number of aromatic nitrogens is 2. The Labute approximate surface area is 157 Å². The van der Waals surface area contributed by atoms with Crippen LogP contribution in [-0.4, -0.2) is 45.2 Å². The lowest BCUT2D eigenvalue weighted by Crippen LogP contribution is -2.58. The highest BCUT2D eigenvalue weighted by molar-refractivity contribution is 5.98. The third-order valence-electron chi connectivity index (χ3n) is 5.01. The fourth-order valence-electron chi connectivity index (χ4n) is 3.66.